The Labute approximate surface area is 98.4 Å². The maximum Gasteiger partial charge on any atom is 0.0670 e. The zero-order valence-corrected chi connectivity index (χ0v) is 10.7. The van der Waals surface area contributed by atoms with Crippen LogP contribution in [0.1, 0.15) is 25.8 Å². The first-order valence-corrected chi connectivity index (χ1v) is 5.99. The molecule has 0 aromatic carbocycles. The lowest BCUT2D eigenvalue weighted by Crippen LogP contribution is -2.31. The second-order valence-electron chi connectivity index (χ2n) is 3.85. The van der Waals surface area contributed by atoms with Crippen LogP contribution in [-0.2, 0) is 4.74 Å². The van der Waals surface area contributed by atoms with E-state index >= 15 is 0 Å². The molecule has 0 aliphatic carbocycles. The highest BCUT2D eigenvalue weighted by Crippen LogP contribution is 2.19. The Kier molecular flexibility index (Phi) is 5.26. The lowest BCUT2D eigenvalue weighted by molar-refractivity contribution is 0.193. The molecular formula is C13H22N2O. The molecule has 1 saturated heterocycles. The molecule has 0 amide bonds. The Morgan fingerprint density at radius 3 is 2.69 bits per heavy atom. The quantitative estimate of drug-likeness (QED) is 0.769. The van der Waals surface area contributed by atoms with Crippen molar-refractivity contribution in [1.82, 2.24) is 4.98 Å². The molecule has 0 radical (unpaired) electrons. The summed E-state index contributed by atoms with van der Waals surface area (Å²) >= 11 is 0. The molecule has 2 heterocycles. The molecule has 1 fully saturated rings. The third kappa shape index (κ3) is 3.20. The van der Waals surface area contributed by atoms with Crippen LogP contribution < -0.4 is 4.90 Å². The molecule has 1 aromatic heterocycles. The molecule has 1 unspecified atom stereocenters. The van der Waals surface area contributed by atoms with E-state index in [4.69, 9.17) is 4.74 Å². The van der Waals surface area contributed by atoms with E-state index in [1.807, 2.05) is 26.2 Å². The monoisotopic (exact) mass is 222 g/mol. The predicted octanol–water partition coefficient (Wildman–Crippen LogP) is 2.64. The number of likely N-dealkylation sites (N-methyl/N-ethyl adjacent to an activating group) is 1. The van der Waals surface area contributed by atoms with Crippen molar-refractivity contribution in [2.45, 2.75) is 33.2 Å². The van der Waals surface area contributed by atoms with Crippen LogP contribution in [0, 0.1) is 6.92 Å². The number of anilines is 1. The number of hydrogen-bond donors (Lipinski definition) is 0. The van der Waals surface area contributed by atoms with Gasteiger partial charge in [-0.1, -0.05) is 13.8 Å². The van der Waals surface area contributed by atoms with Crippen molar-refractivity contribution in [3.05, 3.63) is 24.0 Å². The largest absolute Gasteiger partial charge is 0.379 e. The van der Waals surface area contributed by atoms with E-state index in [-0.39, 0.29) is 0 Å². The number of pyridine rings is 1. The van der Waals surface area contributed by atoms with Crippen molar-refractivity contribution in [3.63, 3.8) is 0 Å². The fourth-order valence-electron chi connectivity index (χ4n) is 1.77. The topological polar surface area (TPSA) is 25.4 Å². The Hall–Kier alpha value is -1.09. The Bertz CT molecular complexity index is 309. The summed E-state index contributed by atoms with van der Waals surface area (Å²) in [6.07, 6.45) is 4.90. The summed E-state index contributed by atoms with van der Waals surface area (Å²) in [6.45, 7) is 7.79. The van der Waals surface area contributed by atoms with Gasteiger partial charge in [0.2, 0.25) is 0 Å². The SMILES string of the molecule is CC.Cc1cncc(N(C)C2CCOC2)c1. The second kappa shape index (κ2) is 6.48. The molecule has 0 spiro atoms. The summed E-state index contributed by atoms with van der Waals surface area (Å²) in [6, 6.07) is 2.67. The number of nitrogens with zero attached hydrogens (tertiary/aromatic N) is 2. The van der Waals surface area contributed by atoms with Crippen molar-refractivity contribution in [3.8, 4) is 0 Å². The van der Waals surface area contributed by atoms with Crippen LogP contribution in [0.3, 0.4) is 0 Å². The average molecular weight is 222 g/mol. The van der Waals surface area contributed by atoms with Crippen LogP contribution in [0.5, 0.6) is 0 Å². The minimum atomic E-state index is 0.513. The first-order valence-electron chi connectivity index (χ1n) is 5.99. The van der Waals surface area contributed by atoms with Crippen LogP contribution in [-0.4, -0.2) is 31.3 Å². The van der Waals surface area contributed by atoms with E-state index in [9.17, 15) is 0 Å². The minimum Gasteiger partial charge on any atom is -0.379 e. The van der Waals surface area contributed by atoms with Gasteiger partial charge >= 0.3 is 0 Å². The van der Waals surface area contributed by atoms with Crippen LogP contribution in [0.2, 0.25) is 0 Å². The number of hydrogen-bond acceptors (Lipinski definition) is 3. The van der Waals surface area contributed by atoms with E-state index in [1.165, 1.54) is 11.3 Å². The van der Waals surface area contributed by atoms with E-state index < -0.39 is 0 Å². The van der Waals surface area contributed by atoms with Gasteiger partial charge in [0, 0.05) is 19.9 Å². The molecule has 1 aromatic rings. The summed E-state index contributed by atoms with van der Waals surface area (Å²) in [5.74, 6) is 0. The molecule has 1 aliphatic heterocycles. The van der Waals surface area contributed by atoms with E-state index in [2.05, 4.69) is 29.9 Å². The van der Waals surface area contributed by atoms with Crippen molar-refractivity contribution < 1.29 is 4.74 Å². The normalized spacial score (nSPS) is 18.9. The Balaban J connectivity index is 0.000000606. The highest BCUT2D eigenvalue weighted by molar-refractivity contribution is 5.46. The smallest absolute Gasteiger partial charge is 0.0670 e. The molecular weight excluding hydrogens is 200 g/mol. The van der Waals surface area contributed by atoms with Gasteiger partial charge in [-0.25, -0.2) is 0 Å². The van der Waals surface area contributed by atoms with E-state index in [1.54, 1.807) is 0 Å². The Morgan fingerprint density at radius 2 is 2.12 bits per heavy atom. The molecule has 0 bridgehead atoms. The van der Waals surface area contributed by atoms with Gasteiger partial charge in [0.05, 0.1) is 24.5 Å². The summed E-state index contributed by atoms with van der Waals surface area (Å²) in [4.78, 5) is 6.45. The van der Waals surface area contributed by atoms with Crippen molar-refractivity contribution in [2.75, 3.05) is 25.2 Å². The third-order valence-electron chi connectivity index (χ3n) is 2.72. The van der Waals surface area contributed by atoms with Crippen LogP contribution >= 0.6 is 0 Å². The van der Waals surface area contributed by atoms with E-state index in [0.29, 0.717) is 6.04 Å². The van der Waals surface area contributed by atoms with Gasteiger partial charge in [-0.05, 0) is 25.0 Å². The first kappa shape index (κ1) is 13.0. The van der Waals surface area contributed by atoms with Crippen molar-refractivity contribution in [1.29, 1.82) is 0 Å². The average Bonchev–Trinajstić information content (AvgIpc) is 2.84. The number of aromatic nitrogens is 1. The fourth-order valence-corrected chi connectivity index (χ4v) is 1.77. The molecule has 3 nitrogen and oxygen atoms in total. The number of aryl methyl sites for hydroxylation is 1. The Morgan fingerprint density at radius 1 is 1.38 bits per heavy atom. The summed E-state index contributed by atoms with van der Waals surface area (Å²) < 4.78 is 5.37. The fraction of sp³-hybridized carbons (Fsp3) is 0.615. The first-order chi connectivity index (χ1) is 7.77. The van der Waals surface area contributed by atoms with Crippen LogP contribution in [0.15, 0.2) is 18.5 Å². The molecule has 3 heteroatoms. The van der Waals surface area contributed by atoms with Crippen molar-refractivity contribution >= 4 is 5.69 Å². The maximum absolute atomic E-state index is 5.37. The second-order valence-corrected chi connectivity index (χ2v) is 3.85. The molecule has 16 heavy (non-hydrogen) atoms. The summed E-state index contributed by atoms with van der Waals surface area (Å²) in [7, 11) is 2.11. The van der Waals surface area contributed by atoms with Gasteiger partial charge in [0.25, 0.3) is 0 Å². The molecule has 0 N–H and O–H groups in total. The van der Waals surface area contributed by atoms with Gasteiger partial charge in [0.1, 0.15) is 0 Å². The highest BCUT2D eigenvalue weighted by atomic mass is 16.5. The minimum absolute atomic E-state index is 0.513. The van der Waals surface area contributed by atoms with E-state index in [0.717, 1.165) is 19.6 Å². The van der Waals surface area contributed by atoms with Gasteiger partial charge in [-0.3, -0.25) is 4.98 Å². The zero-order valence-electron chi connectivity index (χ0n) is 10.7. The molecule has 0 saturated carbocycles. The van der Waals surface area contributed by atoms with Crippen molar-refractivity contribution in [2.24, 2.45) is 0 Å². The number of ether oxygens (including phenoxy) is 1. The standard InChI is InChI=1S/C11H16N2O.C2H6/c1-9-5-11(7-12-6-9)13(2)10-3-4-14-8-10;1-2/h5-7,10H,3-4,8H2,1-2H3;1-2H3. The molecule has 90 valence electrons. The van der Waals surface area contributed by atoms with Crippen LogP contribution in [0.4, 0.5) is 5.69 Å². The van der Waals surface area contributed by atoms with Crippen LogP contribution in [0.25, 0.3) is 0 Å². The third-order valence-corrected chi connectivity index (χ3v) is 2.72. The van der Waals surface area contributed by atoms with Gasteiger partial charge < -0.3 is 9.64 Å². The van der Waals surface area contributed by atoms with Gasteiger partial charge in [0.15, 0.2) is 0 Å². The molecule has 1 atom stereocenters. The summed E-state index contributed by atoms with van der Waals surface area (Å²) in [5, 5.41) is 0. The lowest BCUT2D eigenvalue weighted by Gasteiger charge is -2.25. The lowest BCUT2D eigenvalue weighted by atomic mass is 10.2. The highest BCUT2D eigenvalue weighted by Gasteiger charge is 2.20. The molecule has 2 rings (SSSR count). The molecule has 1 aliphatic rings. The zero-order chi connectivity index (χ0) is 12.0. The maximum atomic E-state index is 5.37. The van der Waals surface area contributed by atoms with Gasteiger partial charge in [-0.15, -0.1) is 0 Å². The summed E-state index contributed by atoms with van der Waals surface area (Å²) in [5.41, 5.74) is 2.38. The van der Waals surface area contributed by atoms with Gasteiger partial charge in [-0.2, -0.15) is 0 Å². The number of rotatable bonds is 2. The predicted molar refractivity (Wildman–Crippen MR) is 67.9 cm³/mol.